The molecule has 1 aromatic carbocycles. The molecule has 4 N–H and O–H groups in total. The van der Waals surface area contributed by atoms with Gasteiger partial charge in [-0.3, -0.25) is 10.1 Å². The molecule has 0 spiro atoms. The first-order valence-electron chi connectivity index (χ1n) is 6.64. The predicted octanol–water partition coefficient (Wildman–Crippen LogP) is 1.57. The molecule has 0 aliphatic carbocycles. The zero-order valence-corrected chi connectivity index (χ0v) is 12.0. The van der Waals surface area contributed by atoms with Gasteiger partial charge < -0.3 is 5.32 Å². The van der Waals surface area contributed by atoms with Crippen molar-refractivity contribution in [1.29, 1.82) is 0 Å². The predicted molar refractivity (Wildman–Crippen MR) is 82.6 cm³/mol. The van der Waals surface area contributed by atoms with Crippen LogP contribution in [0.15, 0.2) is 30.5 Å². The van der Waals surface area contributed by atoms with Gasteiger partial charge >= 0.3 is 0 Å². The Morgan fingerprint density at radius 1 is 1.24 bits per heavy atom. The van der Waals surface area contributed by atoms with Gasteiger partial charge in [-0.1, -0.05) is 12.1 Å². The van der Waals surface area contributed by atoms with Gasteiger partial charge in [-0.15, -0.1) is 0 Å². The summed E-state index contributed by atoms with van der Waals surface area (Å²) >= 11 is 0. The lowest BCUT2D eigenvalue weighted by Gasteiger charge is -2.10. The standard InChI is InChI=1S/C14H17N7/c1-9-10(8-17-21(9)2)7-16-13-11-5-3-4-6-12(11)18-14(19-13)20-15/h3-6,8H,7,15H2,1-2H3,(H2,16,18,19,20). The van der Waals surface area contributed by atoms with Crippen LogP contribution in [0.1, 0.15) is 11.3 Å². The molecule has 108 valence electrons. The summed E-state index contributed by atoms with van der Waals surface area (Å²) in [5.41, 5.74) is 5.58. The summed E-state index contributed by atoms with van der Waals surface area (Å²) in [7, 11) is 1.93. The van der Waals surface area contributed by atoms with E-state index in [-0.39, 0.29) is 0 Å². The van der Waals surface area contributed by atoms with Crippen LogP contribution in [0.5, 0.6) is 0 Å². The van der Waals surface area contributed by atoms with E-state index in [0.717, 1.165) is 28.0 Å². The number of rotatable bonds is 4. The van der Waals surface area contributed by atoms with Crippen LogP contribution < -0.4 is 16.6 Å². The molecular formula is C14H17N7. The molecular weight excluding hydrogens is 266 g/mol. The molecule has 0 aliphatic heterocycles. The van der Waals surface area contributed by atoms with Crippen molar-refractivity contribution in [3.63, 3.8) is 0 Å². The van der Waals surface area contributed by atoms with Crippen LogP contribution in [0.25, 0.3) is 10.9 Å². The number of aryl methyl sites for hydroxylation is 1. The molecule has 0 aliphatic rings. The van der Waals surface area contributed by atoms with Crippen molar-refractivity contribution >= 4 is 22.7 Å². The number of benzene rings is 1. The van der Waals surface area contributed by atoms with Gasteiger partial charge in [0, 0.05) is 30.2 Å². The lowest BCUT2D eigenvalue weighted by molar-refractivity contribution is 0.738. The molecule has 7 heteroatoms. The normalized spacial score (nSPS) is 10.8. The van der Waals surface area contributed by atoms with Gasteiger partial charge in [-0.05, 0) is 19.1 Å². The number of hydrazine groups is 1. The van der Waals surface area contributed by atoms with Gasteiger partial charge in [0.25, 0.3) is 0 Å². The maximum absolute atomic E-state index is 5.43. The second-order valence-electron chi connectivity index (χ2n) is 4.79. The fourth-order valence-corrected chi connectivity index (χ4v) is 2.17. The van der Waals surface area contributed by atoms with Gasteiger partial charge in [0.15, 0.2) is 0 Å². The summed E-state index contributed by atoms with van der Waals surface area (Å²) in [6.07, 6.45) is 1.85. The number of nitrogen functional groups attached to an aromatic ring is 1. The number of aromatic nitrogens is 4. The smallest absolute Gasteiger partial charge is 0.239 e. The molecule has 0 unspecified atom stereocenters. The maximum atomic E-state index is 5.43. The van der Waals surface area contributed by atoms with Gasteiger partial charge in [-0.2, -0.15) is 10.1 Å². The molecule has 2 aromatic heterocycles. The van der Waals surface area contributed by atoms with Crippen molar-refractivity contribution in [2.24, 2.45) is 12.9 Å². The van der Waals surface area contributed by atoms with Gasteiger partial charge in [0.2, 0.25) is 5.95 Å². The minimum Gasteiger partial charge on any atom is -0.365 e. The van der Waals surface area contributed by atoms with Crippen LogP contribution in [-0.4, -0.2) is 19.7 Å². The van der Waals surface area contributed by atoms with E-state index in [1.54, 1.807) is 0 Å². The second-order valence-corrected chi connectivity index (χ2v) is 4.79. The molecule has 0 saturated heterocycles. The van der Waals surface area contributed by atoms with Gasteiger partial charge in [-0.25, -0.2) is 10.8 Å². The third-order valence-corrected chi connectivity index (χ3v) is 3.52. The van der Waals surface area contributed by atoms with Crippen molar-refractivity contribution < 1.29 is 0 Å². The molecule has 7 nitrogen and oxygen atoms in total. The van der Waals surface area contributed by atoms with Crippen molar-refractivity contribution in [2.45, 2.75) is 13.5 Å². The van der Waals surface area contributed by atoms with E-state index in [4.69, 9.17) is 5.84 Å². The first kappa shape index (κ1) is 13.3. The van der Waals surface area contributed by atoms with E-state index in [1.165, 1.54) is 0 Å². The van der Waals surface area contributed by atoms with E-state index < -0.39 is 0 Å². The van der Waals surface area contributed by atoms with E-state index >= 15 is 0 Å². The van der Waals surface area contributed by atoms with Crippen molar-refractivity contribution in [2.75, 3.05) is 10.7 Å². The first-order chi connectivity index (χ1) is 10.2. The van der Waals surface area contributed by atoms with E-state index in [0.29, 0.717) is 12.5 Å². The summed E-state index contributed by atoms with van der Waals surface area (Å²) in [6, 6.07) is 7.80. The second kappa shape index (κ2) is 5.37. The minimum absolute atomic E-state index is 0.388. The average molecular weight is 283 g/mol. The molecule has 3 rings (SSSR count). The Morgan fingerprint density at radius 2 is 2.05 bits per heavy atom. The van der Waals surface area contributed by atoms with Crippen molar-refractivity contribution in [3.05, 3.63) is 41.7 Å². The summed E-state index contributed by atoms with van der Waals surface area (Å²) in [5, 5.41) is 8.53. The zero-order valence-electron chi connectivity index (χ0n) is 12.0. The number of para-hydroxylation sites is 1. The number of nitrogens with zero attached hydrogens (tertiary/aromatic N) is 4. The van der Waals surface area contributed by atoms with E-state index in [2.05, 4.69) is 25.8 Å². The number of hydrogen-bond acceptors (Lipinski definition) is 6. The molecule has 0 bridgehead atoms. The molecule has 0 saturated carbocycles. The molecule has 0 fully saturated rings. The molecule has 0 radical (unpaired) electrons. The van der Waals surface area contributed by atoms with Crippen LogP contribution >= 0.6 is 0 Å². The maximum Gasteiger partial charge on any atom is 0.239 e. The Kier molecular flexibility index (Phi) is 3.41. The highest BCUT2D eigenvalue weighted by Gasteiger charge is 2.08. The van der Waals surface area contributed by atoms with Gasteiger partial charge in [0.1, 0.15) is 5.82 Å². The van der Waals surface area contributed by atoms with E-state index in [9.17, 15) is 0 Å². The Morgan fingerprint density at radius 3 is 2.76 bits per heavy atom. The molecule has 3 aromatic rings. The quantitative estimate of drug-likeness (QED) is 0.497. The highest BCUT2D eigenvalue weighted by Crippen LogP contribution is 2.22. The van der Waals surface area contributed by atoms with Crippen LogP contribution in [0.4, 0.5) is 11.8 Å². The molecule has 2 heterocycles. The number of nitrogens with two attached hydrogens (primary N) is 1. The highest BCUT2D eigenvalue weighted by molar-refractivity contribution is 5.89. The first-order valence-corrected chi connectivity index (χ1v) is 6.64. The summed E-state index contributed by atoms with van der Waals surface area (Å²) < 4.78 is 1.85. The monoisotopic (exact) mass is 283 g/mol. The third kappa shape index (κ3) is 2.50. The van der Waals surface area contributed by atoms with Crippen LogP contribution in [0, 0.1) is 6.92 Å². The minimum atomic E-state index is 0.388. The van der Waals surface area contributed by atoms with Crippen molar-refractivity contribution in [3.8, 4) is 0 Å². The Hall–Kier alpha value is -2.67. The largest absolute Gasteiger partial charge is 0.365 e. The Balaban J connectivity index is 1.94. The Bertz CT molecular complexity index is 778. The van der Waals surface area contributed by atoms with Crippen LogP contribution in [-0.2, 0) is 13.6 Å². The third-order valence-electron chi connectivity index (χ3n) is 3.52. The number of fused-ring (bicyclic) bond motifs is 1. The summed E-state index contributed by atoms with van der Waals surface area (Å²) in [6.45, 7) is 2.68. The molecule has 0 atom stereocenters. The highest BCUT2D eigenvalue weighted by atomic mass is 15.3. The number of anilines is 2. The summed E-state index contributed by atoms with van der Waals surface area (Å²) in [4.78, 5) is 8.71. The van der Waals surface area contributed by atoms with Crippen LogP contribution in [0.3, 0.4) is 0 Å². The van der Waals surface area contributed by atoms with Crippen molar-refractivity contribution in [1.82, 2.24) is 19.7 Å². The van der Waals surface area contributed by atoms with Crippen LogP contribution in [0.2, 0.25) is 0 Å². The molecule has 0 amide bonds. The lowest BCUT2D eigenvalue weighted by Crippen LogP contribution is -2.12. The SMILES string of the molecule is Cc1c(CNc2nc(NN)nc3ccccc23)cnn1C. The Labute approximate surface area is 122 Å². The topological polar surface area (TPSA) is 93.7 Å². The zero-order chi connectivity index (χ0) is 14.8. The fraction of sp³-hybridized carbons (Fsp3) is 0.214. The number of hydrogen-bond donors (Lipinski definition) is 3. The van der Waals surface area contributed by atoms with E-state index in [1.807, 2.05) is 49.1 Å². The number of nitrogens with one attached hydrogen (secondary N) is 2. The fourth-order valence-electron chi connectivity index (χ4n) is 2.17. The average Bonchev–Trinajstić information content (AvgIpc) is 2.84. The van der Waals surface area contributed by atoms with Gasteiger partial charge in [0.05, 0.1) is 11.7 Å². The molecule has 21 heavy (non-hydrogen) atoms. The lowest BCUT2D eigenvalue weighted by atomic mass is 10.2. The summed E-state index contributed by atoms with van der Waals surface area (Å²) in [5.74, 6) is 6.56.